The first-order valence-electron chi connectivity index (χ1n) is 7.07. The smallest absolute Gasteiger partial charge is 0.342 e. The lowest BCUT2D eigenvalue weighted by Crippen LogP contribution is -2.31. The Morgan fingerprint density at radius 1 is 1.17 bits per heavy atom. The van der Waals surface area contributed by atoms with Crippen LogP contribution in [0.1, 0.15) is 28.9 Å². The van der Waals surface area contributed by atoms with Gasteiger partial charge in [0.2, 0.25) is 0 Å². The van der Waals surface area contributed by atoms with Gasteiger partial charge in [-0.15, -0.1) is 0 Å². The van der Waals surface area contributed by atoms with E-state index in [4.69, 9.17) is 27.9 Å². The Kier molecular flexibility index (Phi) is 6.06. The van der Waals surface area contributed by atoms with Gasteiger partial charge in [0.05, 0.1) is 6.04 Å². The summed E-state index contributed by atoms with van der Waals surface area (Å²) in [5, 5.41) is 13.2. The molecule has 0 radical (unpaired) electrons. The van der Waals surface area contributed by atoms with E-state index in [-0.39, 0.29) is 22.4 Å². The number of hydrogen-bond donors (Lipinski definition) is 2. The van der Waals surface area contributed by atoms with E-state index in [2.05, 4.69) is 5.32 Å². The van der Waals surface area contributed by atoms with Crippen molar-refractivity contribution in [2.75, 3.05) is 6.61 Å². The Hall–Kier alpha value is -2.24. The summed E-state index contributed by atoms with van der Waals surface area (Å²) in [7, 11) is 0. The van der Waals surface area contributed by atoms with Crippen molar-refractivity contribution in [3.8, 4) is 5.75 Å². The van der Waals surface area contributed by atoms with Gasteiger partial charge < -0.3 is 15.2 Å². The standard InChI is InChI=1S/C17H15Cl2NO4/c1-10(11-3-2-4-12(18)7-11)20-16(22)9-24-17(23)14-6-5-13(19)8-15(14)21/h2-8,10,21H,9H2,1H3,(H,20,22)/t10-/m0/s1. The molecule has 0 aliphatic heterocycles. The summed E-state index contributed by atoms with van der Waals surface area (Å²) in [6.45, 7) is 1.32. The zero-order valence-electron chi connectivity index (χ0n) is 12.8. The molecule has 0 spiro atoms. The predicted molar refractivity (Wildman–Crippen MR) is 91.4 cm³/mol. The highest BCUT2D eigenvalue weighted by atomic mass is 35.5. The summed E-state index contributed by atoms with van der Waals surface area (Å²) < 4.78 is 4.89. The third kappa shape index (κ3) is 4.88. The van der Waals surface area contributed by atoms with Gasteiger partial charge in [0.15, 0.2) is 6.61 Å². The summed E-state index contributed by atoms with van der Waals surface area (Å²) in [6, 6.07) is 10.8. The van der Waals surface area contributed by atoms with Crippen molar-refractivity contribution in [1.29, 1.82) is 0 Å². The predicted octanol–water partition coefficient (Wildman–Crippen LogP) is 3.73. The van der Waals surface area contributed by atoms with Crippen LogP contribution in [0.25, 0.3) is 0 Å². The number of esters is 1. The Morgan fingerprint density at radius 2 is 1.88 bits per heavy atom. The maximum Gasteiger partial charge on any atom is 0.342 e. The number of nitrogens with one attached hydrogen (secondary N) is 1. The lowest BCUT2D eigenvalue weighted by atomic mass is 10.1. The monoisotopic (exact) mass is 367 g/mol. The molecule has 0 aromatic heterocycles. The fraction of sp³-hybridized carbons (Fsp3) is 0.176. The zero-order chi connectivity index (χ0) is 17.7. The molecule has 1 amide bonds. The van der Waals surface area contributed by atoms with Crippen molar-refractivity contribution in [3.63, 3.8) is 0 Å². The number of phenols is 1. The molecule has 24 heavy (non-hydrogen) atoms. The van der Waals surface area contributed by atoms with Crippen LogP contribution in [0.3, 0.4) is 0 Å². The van der Waals surface area contributed by atoms with E-state index in [9.17, 15) is 14.7 Å². The van der Waals surface area contributed by atoms with Crippen LogP contribution in [0, 0.1) is 0 Å². The lowest BCUT2D eigenvalue weighted by Gasteiger charge is -2.14. The maximum absolute atomic E-state index is 11.9. The maximum atomic E-state index is 11.9. The first-order chi connectivity index (χ1) is 11.4. The van der Waals surface area contributed by atoms with E-state index < -0.39 is 18.5 Å². The number of carbonyl (C=O) groups is 2. The van der Waals surface area contributed by atoms with E-state index >= 15 is 0 Å². The average Bonchev–Trinajstić information content (AvgIpc) is 2.52. The first kappa shape index (κ1) is 18.1. The van der Waals surface area contributed by atoms with E-state index in [1.54, 1.807) is 25.1 Å². The van der Waals surface area contributed by atoms with Crippen molar-refractivity contribution in [2.45, 2.75) is 13.0 Å². The van der Waals surface area contributed by atoms with Crippen LogP contribution in [0.2, 0.25) is 10.0 Å². The molecule has 1 atom stereocenters. The van der Waals surface area contributed by atoms with Gasteiger partial charge in [-0.25, -0.2) is 4.79 Å². The van der Waals surface area contributed by atoms with Crippen LogP contribution >= 0.6 is 23.2 Å². The number of hydrogen-bond acceptors (Lipinski definition) is 4. The summed E-state index contributed by atoms with van der Waals surface area (Å²) in [6.07, 6.45) is 0. The first-order valence-corrected chi connectivity index (χ1v) is 7.83. The minimum Gasteiger partial charge on any atom is -0.507 e. The molecule has 5 nitrogen and oxygen atoms in total. The highest BCUT2D eigenvalue weighted by Gasteiger charge is 2.16. The molecular formula is C17H15Cl2NO4. The Bertz CT molecular complexity index is 764. The SMILES string of the molecule is C[C@H](NC(=O)COC(=O)c1ccc(Cl)cc1O)c1cccc(Cl)c1. The van der Waals surface area contributed by atoms with Crippen molar-refractivity contribution >= 4 is 35.1 Å². The molecule has 0 aliphatic carbocycles. The molecule has 2 rings (SSSR count). The number of phenolic OH excluding ortho intramolecular Hbond substituents is 1. The molecule has 2 N–H and O–H groups in total. The molecule has 2 aromatic carbocycles. The van der Waals surface area contributed by atoms with Gasteiger partial charge in [-0.2, -0.15) is 0 Å². The summed E-state index contributed by atoms with van der Waals surface area (Å²) in [5.74, 6) is -1.58. The van der Waals surface area contributed by atoms with Crippen LogP contribution in [-0.4, -0.2) is 23.6 Å². The topological polar surface area (TPSA) is 75.6 Å². The van der Waals surface area contributed by atoms with Gasteiger partial charge in [0, 0.05) is 10.0 Å². The molecule has 2 aromatic rings. The number of rotatable bonds is 5. The van der Waals surface area contributed by atoms with Crippen LogP contribution in [0.5, 0.6) is 5.75 Å². The van der Waals surface area contributed by atoms with Gasteiger partial charge in [0.1, 0.15) is 11.3 Å². The van der Waals surface area contributed by atoms with Crippen molar-refractivity contribution in [1.82, 2.24) is 5.32 Å². The van der Waals surface area contributed by atoms with Crippen LogP contribution in [0.15, 0.2) is 42.5 Å². The van der Waals surface area contributed by atoms with Crippen molar-refractivity contribution < 1.29 is 19.4 Å². The largest absolute Gasteiger partial charge is 0.507 e. The molecule has 0 heterocycles. The fourth-order valence-corrected chi connectivity index (χ4v) is 2.39. The molecule has 126 valence electrons. The number of ether oxygens (including phenoxy) is 1. The van der Waals surface area contributed by atoms with Gasteiger partial charge >= 0.3 is 5.97 Å². The average molecular weight is 368 g/mol. The summed E-state index contributed by atoms with van der Waals surface area (Å²) in [4.78, 5) is 23.7. The van der Waals surface area contributed by atoms with E-state index in [0.717, 1.165) is 5.56 Å². The quantitative estimate of drug-likeness (QED) is 0.789. The lowest BCUT2D eigenvalue weighted by molar-refractivity contribution is -0.124. The third-order valence-corrected chi connectivity index (χ3v) is 3.71. The van der Waals surface area contributed by atoms with Gasteiger partial charge in [-0.1, -0.05) is 35.3 Å². The molecule has 0 saturated carbocycles. The molecular weight excluding hydrogens is 353 g/mol. The van der Waals surface area contributed by atoms with E-state index in [1.165, 1.54) is 18.2 Å². The highest BCUT2D eigenvalue weighted by Crippen LogP contribution is 2.22. The number of halogens is 2. The minimum absolute atomic E-state index is 0.0601. The van der Waals surface area contributed by atoms with Crippen molar-refractivity contribution in [2.24, 2.45) is 0 Å². The Balaban J connectivity index is 1.89. The van der Waals surface area contributed by atoms with Crippen LogP contribution in [-0.2, 0) is 9.53 Å². The number of aromatic hydroxyl groups is 1. The minimum atomic E-state index is -0.810. The molecule has 7 heteroatoms. The van der Waals surface area contributed by atoms with Gasteiger partial charge in [-0.3, -0.25) is 4.79 Å². The van der Waals surface area contributed by atoms with Crippen LogP contribution in [0.4, 0.5) is 0 Å². The van der Waals surface area contributed by atoms with Gasteiger partial charge in [-0.05, 0) is 42.8 Å². The number of carbonyl (C=O) groups excluding carboxylic acids is 2. The second kappa shape index (κ2) is 8.04. The summed E-state index contributed by atoms with van der Waals surface area (Å²) >= 11 is 11.6. The van der Waals surface area contributed by atoms with E-state index in [0.29, 0.717) is 5.02 Å². The number of amides is 1. The fourth-order valence-electron chi connectivity index (χ4n) is 2.03. The molecule has 0 aliphatic rings. The zero-order valence-corrected chi connectivity index (χ0v) is 14.3. The molecule has 0 bridgehead atoms. The molecule has 0 fully saturated rings. The second-order valence-corrected chi connectivity index (χ2v) is 5.95. The van der Waals surface area contributed by atoms with Gasteiger partial charge in [0.25, 0.3) is 5.91 Å². The van der Waals surface area contributed by atoms with E-state index in [1.807, 2.05) is 6.07 Å². The number of benzene rings is 2. The second-order valence-electron chi connectivity index (χ2n) is 5.08. The highest BCUT2D eigenvalue weighted by molar-refractivity contribution is 6.31. The van der Waals surface area contributed by atoms with Crippen LogP contribution < -0.4 is 5.32 Å². The normalized spacial score (nSPS) is 11.6. The molecule has 0 unspecified atom stereocenters. The summed E-state index contributed by atoms with van der Waals surface area (Å²) in [5.41, 5.74) is 0.771. The Morgan fingerprint density at radius 3 is 2.54 bits per heavy atom. The Labute approximate surface area is 149 Å². The third-order valence-electron chi connectivity index (χ3n) is 3.24. The molecule has 0 saturated heterocycles. The van der Waals surface area contributed by atoms with Crippen molar-refractivity contribution in [3.05, 3.63) is 63.6 Å².